The van der Waals surface area contributed by atoms with E-state index in [-0.39, 0.29) is 18.1 Å². The first-order chi connectivity index (χ1) is 9.84. The number of aliphatic hydroxyl groups excluding tert-OH is 1. The van der Waals surface area contributed by atoms with Crippen LogP contribution in [0.4, 0.5) is 18.9 Å². The fourth-order valence-electron chi connectivity index (χ4n) is 2.49. The topological polar surface area (TPSA) is 66.6 Å². The Morgan fingerprint density at radius 1 is 1.33 bits per heavy atom. The summed E-state index contributed by atoms with van der Waals surface area (Å²) in [6, 6.07) is 3.36. The normalized spacial score (nSPS) is 17.0. The molecule has 2 rings (SSSR count). The van der Waals surface area contributed by atoms with Crippen molar-refractivity contribution in [1.82, 2.24) is 4.90 Å². The predicted molar refractivity (Wildman–Crippen MR) is 71.6 cm³/mol. The van der Waals surface area contributed by atoms with Gasteiger partial charge in [-0.3, -0.25) is 4.79 Å². The first-order valence-corrected chi connectivity index (χ1v) is 6.70. The van der Waals surface area contributed by atoms with Gasteiger partial charge in [0.15, 0.2) is 0 Å². The van der Waals surface area contributed by atoms with E-state index in [2.05, 4.69) is 0 Å². The van der Waals surface area contributed by atoms with Crippen LogP contribution in [-0.4, -0.2) is 35.6 Å². The average molecular weight is 302 g/mol. The van der Waals surface area contributed by atoms with Gasteiger partial charge in [0.1, 0.15) is 0 Å². The van der Waals surface area contributed by atoms with E-state index < -0.39 is 23.3 Å². The molecule has 1 aromatic rings. The van der Waals surface area contributed by atoms with E-state index in [1.807, 2.05) is 0 Å². The van der Waals surface area contributed by atoms with Crippen LogP contribution in [0.25, 0.3) is 0 Å². The Balaban J connectivity index is 2.21. The summed E-state index contributed by atoms with van der Waals surface area (Å²) in [6.45, 7) is 0.896. The van der Waals surface area contributed by atoms with Gasteiger partial charge in [-0.15, -0.1) is 0 Å². The quantitative estimate of drug-likeness (QED) is 0.823. The molecular formula is C14H17F3N2O2. The van der Waals surface area contributed by atoms with Gasteiger partial charge in [0, 0.05) is 19.7 Å². The van der Waals surface area contributed by atoms with Gasteiger partial charge in [0.05, 0.1) is 16.8 Å². The molecule has 0 aromatic heterocycles. The van der Waals surface area contributed by atoms with Gasteiger partial charge in [-0.05, 0) is 30.9 Å². The van der Waals surface area contributed by atoms with E-state index in [0.29, 0.717) is 25.9 Å². The summed E-state index contributed by atoms with van der Waals surface area (Å²) in [6.07, 6.45) is -3.30. The number of nitrogens with zero attached hydrogens (tertiary/aromatic N) is 1. The molecule has 3 N–H and O–H groups in total. The zero-order valence-corrected chi connectivity index (χ0v) is 11.4. The number of nitrogens with two attached hydrogens (primary N) is 1. The highest BCUT2D eigenvalue weighted by Gasteiger charge is 2.35. The monoisotopic (exact) mass is 302 g/mol. The summed E-state index contributed by atoms with van der Waals surface area (Å²) in [5.41, 5.74) is 3.89. The maximum atomic E-state index is 12.8. The van der Waals surface area contributed by atoms with Gasteiger partial charge in [0.25, 0.3) is 5.91 Å². The average Bonchev–Trinajstić information content (AvgIpc) is 2.45. The molecule has 116 valence electrons. The molecule has 1 fully saturated rings. The number of nitrogen functional groups attached to an aromatic ring is 1. The van der Waals surface area contributed by atoms with E-state index in [4.69, 9.17) is 10.8 Å². The Hall–Kier alpha value is -1.76. The second-order valence-corrected chi connectivity index (χ2v) is 5.18. The van der Waals surface area contributed by atoms with E-state index in [0.717, 1.165) is 6.07 Å². The molecule has 0 unspecified atom stereocenters. The summed E-state index contributed by atoms with van der Waals surface area (Å²) in [5.74, 6) is -0.345. The SMILES string of the molecule is Nc1c(C(=O)N2CCC(CO)CC2)cccc1C(F)(F)F. The van der Waals surface area contributed by atoms with Crippen LogP contribution in [0.2, 0.25) is 0 Å². The Labute approximate surface area is 120 Å². The number of aliphatic hydroxyl groups is 1. The number of carbonyl (C=O) groups excluding carboxylic acids is 1. The van der Waals surface area contributed by atoms with Crippen LogP contribution in [0.1, 0.15) is 28.8 Å². The first-order valence-electron chi connectivity index (χ1n) is 6.70. The smallest absolute Gasteiger partial charge is 0.398 e. The summed E-state index contributed by atoms with van der Waals surface area (Å²) >= 11 is 0. The number of hydrogen-bond acceptors (Lipinski definition) is 3. The second-order valence-electron chi connectivity index (χ2n) is 5.18. The Morgan fingerprint density at radius 3 is 2.48 bits per heavy atom. The number of para-hydroxylation sites is 1. The van der Waals surface area contributed by atoms with Gasteiger partial charge in [-0.25, -0.2) is 0 Å². The lowest BCUT2D eigenvalue weighted by atomic mass is 9.97. The third-order valence-electron chi connectivity index (χ3n) is 3.80. The van der Waals surface area contributed by atoms with Crippen molar-refractivity contribution in [3.05, 3.63) is 29.3 Å². The highest BCUT2D eigenvalue weighted by Crippen LogP contribution is 2.35. The number of anilines is 1. The van der Waals surface area contributed by atoms with Gasteiger partial charge in [0.2, 0.25) is 0 Å². The molecule has 7 heteroatoms. The number of carbonyl (C=O) groups is 1. The molecule has 0 aliphatic carbocycles. The Bertz CT molecular complexity index is 523. The van der Waals surface area contributed by atoms with Crippen molar-refractivity contribution in [2.75, 3.05) is 25.4 Å². The summed E-state index contributed by atoms with van der Waals surface area (Å²) in [7, 11) is 0. The number of hydrogen-bond donors (Lipinski definition) is 2. The largest absolute Gasteiger partial charge is 0.418 e. The second kappa shape index (κ2) is 5.93. The molecule has 21 heavy (non-hydrogen) atoms. The zero-order valence-electron chi connectivity index (χ0n) is 11.4. The number of alkyl halides is 3. The predicted octanol–water partition coefficient (Wildman–Crippen LogP) is 2.13. The van der Waals surface area contributed by atoms with Crippen molar-refractivity contribution in [3.8, 4) is 0 Å². The third kappa shape index (κ3) is 3.29. The van der Waals surface area contributed by atoms with E-state index in [1.54, 1.807) is 0 Å². The fourth-order valence-corrected chi connectivity index (χ4v) is 2.49. The van der Waals surface area contributed by atoms with E-state index in [9.17, 15) is 18.0 Å². The van der Waals surface area contributed by atoms with Crippen molar-refractivity contribution in [2.45, 2.75) is 19.0 Å². The molecule has 4 nitrogen and oxygen atoms in total. The summed E-state index contributed by atoms with van der Waals surface area (Å²) < 4.78 is 38.4. The maximum absolute atomic E-state index is 12.8. The standard InChI is InChI=1S/C14H17F3N2O2/c15-14(16,17)11-3-1-2-10(12(11)18)13(21)19-6-4-9(8-20)5-7-19/h1-3,9,20H,4-8,18H2. The molecule has 0 radical (unpaired) electrons. The summed E-state index contributed by atoms with van der Waals surface area (Å²) in [5, 5.41) is 9.05. The van der Waals surface area contributed by atoms with Crippen molar-refractivity contribution in [1.29, 1.82) is 0 Å². The first kappa shape index (κ1) is 15.6. The van der Waals surface area contributed by atoms with E-state index in [1.165, 1.54) is 17.0 Å². The van der Waals surface area contributed by atoms with Gasteiger partial charge in [-0.1, -0.05) is 6.07 Å². The highest BCUT2D eigenvalue weighted by atomic mass is 19.4. The lowest BCUT2D eigenvalue weighted by Crippen LogP contribution is -2.39. The van der Waals surface area contributed by atoms with Crippen molar-refractivity contribution < 1.29 is 23.1 Å². The van der Waals surface area contributed by atoms with E-state index >= 15 is 0 Å². The Kier molecular flexibility index (Phi) is 4.41. The van der Waals surface area contributed by atoms with Crippen LogP contribution in [-0.2, 0) is 6.18 Å². The number of halogens is 3. The van der Waals surface area contributed by atoms with Crippen molar-refractivity contribution in [3.63, 3.8) is 0 Å². The molecule has 1 aromatic carbocycles. The van der Waals surface area contributed by atoms with Gasteiger partial charge < -0.3 is 15.7 Å². The van der Waals surface area contributed by atoms with Crippen LogP contribution < -0.4 is 5.73 Å². The number of benzene rings is 1. The number of likely N-dealkylation sites (tertiary alicyclic amines) is 1. The zero-order chi connectivity index (χ0) is 15.6. The fraction of sp³-hybridized carbons (Fsp3) is 0.500. The minimum atomic E-state index is -4.58. The maximum Gasteiger partial charge on any atom is 0.418 e. The molecule has 0 spiro atoms. The van der Waals surface area contributed by atoms with Gasteiger partial charge in [-0.2, -0.15) is 13.2 Å². The molecule has 1 aliphatic heterocycles. The molecule has 0 atom stereocenters. The van der Waals surface area contributed by atoms with Crippen LogP contribution in [0.5, 0.6) is 0 Å². The molecular weight excluding hydrogens is 285 g/mol. The Morgan fingerprint density at radius 2 is 1.95 bits per heavy atom. The molecule has 1 amide bonds. The van der Waals surface area contributed by atoms with Crippen LogP contribution in [0.3, 0.4) is 0 Å². The highest BCUT2D eigenvalue weighted by molar-refractivity contribution is 5.99. The molecule has 0 saturated carbocycles. The third-order valence-corrected chi connectivity index (χ3v) is 3.80. The number of amides is 1. The molecule has 1 heterocycles. The summed E-state index contributed by atoms with van der Waals surface area (Å²) in [4.78, 5) is 13.8. The van der Waals surface area contributed by atoms with Crippen molar-refractivity contribution in [2.24, 2.45) is 5.92 Å². The molecule has 1 aliphatic rings. The number of piperidine rings is 1. The minimum absolute atomic E-state index is 0.0632. The minimum Gasteiger partial charge on any atom is -0.398 e. The van der Waals surface area contributed by atoms with Crippen LogP contribution in [0, 0.1) is 5.92 Å². The lowest BCUT2D eigenvalue weighted by Gasteiger charge is -2.31. The lowest BCUT2D eigenvalue weighted by molar-refractivity contribution is -0.136. The number of rotatable bonds is 2. The molecule has 1 saturated heterocycles. The van der Waals surface area contributed by atoms with Crippen LogP contribution in [0.15, 0.2) is 18.2 Å². The molecule has 0 bridgehead atoms. The van der Waals surface area contributed by atoms with Crippen LogP contribution >= 0.6 is 0 Å². The van der Waals surface area contributed by atoms with Gasteiger partial charge >= 0.3 is 6.18 Å². The van der Waals surface area contributed by atoms with Crippen molar-refractivity contribution >= 4 is 11.6 Å².